The van der Waals surface area contributed by atoms with Crippen molar-refractivity contribution in [2.45, 2.75) is 19.3 Å². The molecular formula is C15H25ClN2O. The van der Waals surface area contributed by atoms with E-state index in [-0.39, 0.29) is 12.4 Å². The Bertz CT molecular complexity index is 354. The molecule has 0 bridgehead atoms. The molecule has 0 amide bonds. The minimum atomic E-state index is 0. The minimum absolute atomic E-state index is 0. The smallest absolute Gasteiger partial charge is 0.122 e. The van der Waals surface area contributed by atoms with E-state index in [4.69, 9.17) is 4.74 Å². The number of ether oxygens (including phenoxy) is 1. The summed E-state index contributed by atoms with van der Waals surface area (Å²) in [7, 11) is 1.74. The Labute approximate surface area is 122 Å². The van der Waals surface area contributed by atoms with Crippen molar-refractivity contribution in [1.82, 2.24) is 10.6 Å². The molecule has 2 N–H and O–H groups in total. The molecule has 0 saturated carbocycles. The van der Waals surface area contributed by atoms with E-state index in [1.807, 2.05) is 12.1 Å². The van der Waals surface area contributed by atoms with Crippen molar-refractivity contribution in [2.75, 3.05) is 33.3 Å². The maximum atomic E-state index is 5.35. The van der Waals surface area contributed by atoms with Crippen LogP contribution in [0.2, 0.25) is 0 Å². The molecule has 3 nitrogen and oxygen atoms in total. The molecule has 1 aliphatic rings. The first kappa shape index (κ1) is 16.3. The van der Waals surface area contributed by atoms with E-state index >= 15 is 0 Å². The molecule has 1 unspecified atom stereocenters. The van der Waals surface area contributed by atoms with E-state index in [1.165, 1.54) is 31.5 Å². The molecule has 1 aromatic carbocycles. The van der Waals surface area contributed by atoms with Gasteiger partial charge in [-0.1, -0.05) is 18.2 Å². The molecule has 108 valence electrons. The fourth-order valence-electron chi connectivity index (χ4n) is 2.54. The quantitative estimate of drug-likeness (QED) is 0.786. The van der Waals surface area contributed by atoms with Gasteiger partial charge in [-0.05, 0) is 63.0 Å². The summed E-state index contributed by atoms with van der Waals surface area (Å²) in [6.07, 6.45) is 3.71. The molecular weight excluding hydrogens is 260 g/mol. The second kappa shape index (κ2) is 9.18. The third-order valence-corrected chi connectivity index (χ3v) is 3.60. The van der Waals surface area contributed by atoms with Gasteiger partial charge in [0.25, 0.3) is 0 Å². The highest BCUT2D eigenvalue weighted by Gasteiger charge is 2.11. The van der Waals surface area contributed by atoms with Crippen LogP contribution in [-0.4, -0.2) is 33.3 Å². The zero-order valence-corrected chi connectivity index (χ0v) is 12.5. The van der Waals surface area contributed by atoms with Crippen molar-refractivity contribution in [2.24, 2.45) is 5.92 Å². The number of methoxy groups -OCH3 is 1. The Morgan fingerprint density at radius 1 is 1.37 bits per heavy atom. The summed E-state index contributed by atoms with van der Waals surface area (Å²) in [6, 6.07) is 8.26. The summed E-state index contributed by atoms with van der Waals surface area (Å²) in [5.41, 5.74) is 1.29. The van der Waals surface area contributed by atoms with Gasteiger partial charge in [0.2, 0.25) is 0 Å². The molecule has 1 heterocycles. The van der Waals surface area contributed by atoms with Crippen LogP contribution in [0.25, 0.3) is 0 Å². The van der Waals surface area contributed by atoms with Crippen LogP contribution >= 0.6 is 12.4 Å². The summed E-state index contributed by atoms with van der Waals surface area (Å²) in [4.78, 5) is 0. The number of hydrogen-bond acceptors (Lipinski definition) is 3. The largest absolute Gasteiger partial charge is 0.496 e. The molecule has 2 rings (SSSR count). The van der Waals surface area contributed by atoms with Crippen LogP contribution in [0.15, 0.2) is 24.3 Å². The lowest BCUT2D eigenvalue weighted by atomic mass is 10.00. The normalized spacial score (nSPS) is 18.7. The Kier molecular flexibility index (Phi) is 7.87. The van der Waals surface area contributed by atoms with E-state index in [0.717, 1.165) is 31.2 Å². The van der Waals surface area contributed by atoms with Gasteiger partial charge in [0, 0.05) is 0 Å². The summed E-state index contributed by atoms with van der Waals surface area (Å²) in [5, 5.41) is 7.01. The van der Waals surface area contributed by atoms with E-state index in [0.29, 0.717) is 0 Å². The van der Waals surface area contributed by atoms with Gasteiger partial charge in [0.05, 0.1) is 7.11 Å². The summed E-state index contributed by atoms with van der Waals surface area (Å²) in [6.45, 7) is 4.51. The number of nitrogens with one attached hydrogen (secondary N) is 2. The summed E-state index contributed by atoms with van der Waals surface area (Å²) < 4.78 is 5.35. The third-order valence-electron chi connectivity index (χ3n) is 3.60. The monoisotopic (exact) mass is 284 g/mol. The van der Waals surface area contributed by atoms with E-state index in [1.54, 1.807) is 7.11 Å². The first-order valence-electron chi connectivity index (χ1n) is 6.93. The first-order chi connectivity index (χ1) is 8.90. The standard InChI is InChI=1S/C15H24N2O.ClH/c1-18-15-7-3-2-6-14(15)8-10-17-12-13-5-4-9-16-11-13;/h2-3,6-7,13,16-17H,4-5,8-12H2,1H3;1H. The average Bonchev–Trinajstić information content (AvgIpc) is 2.45. The predicted molar refractivity (Wildman–Crippen MR) is 82.4 cm³/mol. The van der Waals surface area contributed by atoms with Gasteiger partial charge in [0.1, 0.15) is 5.75 Å². The molecule has 1 atom stereocenters. The lowest BCUT2D eigenvalue weighted by Crippen LogP contribution is -2.36. The fraction of sp³-hybridized carbons (Fsp3) is 0.600. The molecule has 1 saturated heterocycles. The summed E-state index contributed by atoms with van der Waals surface area (Å²) in [5.74, 6) is 1.80. The molecule has 1 fully saturated rings. The molecule has 0 spiro atoms. The molecule has 1 aromatic rings. The van der Waals surface area contributed by atoms with Crippen LogP contribution in [0, 0.1) is 5.92 Å². The molecule has 1 aliphatic heterocycles. The van der Waals surface area contributed by atoms with E-state index in [2.05, 4.69) is 22.8 Å². The van der Waals surface area contributed by atoms with Crippen molar-refractivity contribution in [3.8, 4) is 5.75 Å². The molecule has 4 heteroatoms. The third kappa shape index (κ3) is 5.39. The maximum Gasteiger partial charge on any atom is 0.122 e. The van der Waals surface area contributed by atoms with Crippen molar-refractivity contribution in [3.63, 3.8) is 0 Å². The highest BCUT2D eigenvalue weighted by atomic mass is 35.5. The Morgan fingerprint density at radius 2 is 2.21 bits per heavy atom. The molecule has 0 aromatic heterocycles. The van der Waals surface area contributed by atoms with Crippen molar-refractivity contribution in [1.29, 1.82) is 0 Å². The Balaban J connectivity index is 0.00000180. The lowest BCUT2D eigenvalue weighted by Gasteiger charge is -2.23. The number of para-hydroxylation sites is 1. The number of rotatable bonds is 6. The predicted octanol–water partition coefficient (Wildman–Crippen LogP) is 2.25. The van der Waals surface area contributed by atoms with Gasteiger partial charge in [0.15, 0.2) is 0 Å². The second-order valence-corrected chi connectivity index (χ2v) is 4.98. The maximum absolute atomic E-state index is 5.35. The Morgan fingerprint density at radius 3 is 2.95 bits per heavy atom. The van der Waals surface area contributed by atoms with Gasteiger partial charge < -0.3 is 15.4 Å². The zero-order valence-electron chi connectivity index (χ0n) is 11.7. The second-order valence-electron chi connectivity index (χ2n) is 4.98. The van der Waals surface area contributed by atoms with Gasteiger partial charge in [-0.15, -0.1) is 12.4 Å². The van der Waals surface area contributed by atoms with Gasteiger partial charge in [-0.2, -0.15) is 0 Å². The molecule has 0 radical (unpaired) electrons. The van der Waals surface area contributed by atoms with Crippen LogP contribution in [0.3, 0.4) is 0 Å². The van der Waals surface area contributed by atoms with Crippen LogP contribution in [-0.2, 0) is 6.42 Å². The highest BCUT2D eigenvalue weighted by Crippen LogP contribution is 2.17. The van der Waals surface area contributed by atoms with Gasteiger partial charge in [-0.3, -0.25) is 0 Å². The number of benzene rings is 1. The zero-order chi connectivity index (χ0) is 12.6. The lowest BCUT2D eigenvalue weighted by molar-refractivity contribution is 0.360. The van der Waals surface area contributed by atoms with E-state index < -0.39 is 0 Å². The number of halogens is 1. The number of hydrogen-bond donors (Lipinski definition) is 2. The summed E-state index contributed by atoms with van der Waals surface area (Å²) >= 11 is 0. The SMILES string of the molecule is COc1ccccc1CCNCC1CCCNC1.Cl. The number of piperidine rings is 1. The van der Waals surface area contributed by atoms with Gasteiger partial charge in [-0.25, -0.2) is 0 Å². The van der Waals surface area contributed by atoms with Crippen molar-refractivity contribution >= 4 is 12.4 Å². The van der Waals surface area contributed by atoms with Gasteiger partial charge >= 0.3 is 0 Å². The average molecular weight is 285 g/mol. The van der Waals surface area contributed by atoms with Crippen LogP contribution in [0.1, 0.15) is 18.4 Å². The highest BCUT2D eigenvalue weighted by molar-refractivity contribution is 5.85. The minimum Gasteiger partial charge on any atom is -0.496 e. The molecule has 19 heavy (non-hydrogen) atoms. The van der Waals surface area contributed by atoms with Crippen molar-refractivity contribution < 1.29 is 4.74 Å². The van der Waals surface area contributed by atoms with Crippen LogP contribution in [0.4, 0.5) is 0 Å². The molecule has 0 aliphatic carbocycles. The fourth-order valence-corrected chi connectivity index (χ4v) is 2.54. The van der Waals surface area contributed by atoms with Crippen molar-refractivity contribution in [3.05, 3.63) is 29.8 Å². The topological polar surface area (TPSA) is 33.3 Å². The first-order valence-corrected chi connectivity index (χ1v) is 6.93. The Hall–Kier alpha value is -0.770. The van der Waals surface area contributed by atoms with E-state index in [9.17, 15) is 0 Å². The van der Waals surface area contributed by atoms with Crippen LogP contribution < -0.4 is 15.4 Å². The van der Waals surface area contributed by atoms with Crippen LogP contribution in [0.5, 0.6) is 5.75 Å².